The van der Waals surface area contributed by atoms with Crippen LogP contribution in [0.25, 0.3) is 0 Å². The molecule has 196 valence electrons. The second-order valence-corrected chi connectivity index (χ2v) is 12.6. The van der Waals surface area contributed by atoms with Crippen LogP contribution in [0.1, 0.15) is 47.7 Å². The molecule has 0 spiro atoms. The molecule has 1 saturated heterocycles. The van der Waals surface area contributed by atoms with Crippen molar-refractivity contribution in [3.05, 3.63) is 56.7 Å². The molecule has 2 aromatic rings. The summed E-state index contributed by atoms with van der Waals surface area (Å²) in [6.45, 7) is 4.99. The lowest BCUT2D eigenvalue weighted by molar-refractivity contribution is -0.149. The smallest absolute Gasteiger partial charge is 0.339 e. The maximum absolute atomic E-state index is 13.5. The Balaban J connectivity index is 1.42. The fraction of sp³-hybridized carbons (Fsp3) is 0.423. The van der Waals surface area contributed by atoms with E-state index in [1.807, 2.05) is 22.6 Å². The highest BCUT2D eigenvalue weighted by Gasteiger charge is 2.70. The van der Waals surface area contributed by atoms with E-state index in [0.29, 0.717) is 21.1 Å². The number of aryl methyl sites for hydroxylation is 1. The van der Waals surface area contributed by atoms with Gasteiger partial charge in [0.2, 0.25) is 0 Å². The minimum absolute atomic E-state index is 0.110. The Hall–Kier alpha value is -2.51. The zero-order chi connectivity index (χ0) is 26.8. The van der Waals surface area contributed by atoms with E-state index < -0.39 is 58.0 Å². The predicted molar refractivity (Wildman–Crippen MR) is 136 cm³/mol. The lowest BCUT2D eigenvalue weighted by Gasteiger charge is -2.30. The summed E-state index contributed by atoms with van der Waals surface area (Å²) in [6.07, 6.45) is -0.907. The molecule has 9 nitrogen and oxygen atoms in total. The summed E-state index contributed by atoms with van der Waals surface area (Å²) in [6, 6.07) is 9.54. The topological polar surface area (TPSA) is 136 Å². The van der Waals surface area contributed by atoms with Gasteiger partial charge < -0.3 is 18.8 Å². The van der Waals surface area contributed by atoms with Crippen LogP contribution in [0, 0.1) is 34.2 Å². The minimum atomic E-state index is -4.73. The third-order valence-electron chi connectivity index (χ3n) is 7.56. The first-order chi connectivity index (χ1) is 17.4. The molecule has 2 saturated carbocycles. The Morgan fingerprint density at radius 2 is 1.86 bits per heavy atom. The Morgan fingerprint density at radius 3 is 2.51 bits per heavy atom. The van der Waals surface area contributed by atoms with Crippen LogP contribution in [0.2, 0.25) is 0 Å². The van der Waals surface area contributed by atoms with Crippen molar-refractivity contribution < 1.29 is 41.6 Å². The molecule has 2 aromatic carbocycles. The van der Waals surface area contributed by atoms with Gasteiger partial charge in [-0.15, -0.1) is 0 Å². The summed E-state index contributed by atoms with van der Waals surface area (Å²) in [5.41, 5.74) is 0.918. The molecule has 3 aliphatic rings. The van der Waals surface area contributed by atoms with E-state index in [-0.39, 0.29) is 28.0 Å². The van der Waals surface area contributed by atoms with Gasteiger partial charge >= 0.3 is 17.9 Å². The number of hydrogen-bond donors (Lipinski definition) is 0. The fourth-order valence-electron chi connectivity index (χ4n) is 5.91. The summed E-state index contributed by atoms with van der Waals surface area (Å²) in [5.74, 6) is -4.26. The standard InChI is InChI=1S/C26H25IO9S/c1-11(2)14-10-18(12(3)8-19(14)37(31,32)33)34-25(29)20-15-9-16-21(20)26(30)36-23(16)22(15)35-24(28)13-6-4-5-7-17(13)27/h4-8,10-11,15-16,20-23H,9H2,1-3H3,(H,31,32,33)/p-1. The molecule has 1 aliphatic heterocycles. The Labute approximate surface area is 227 Å². The molecular weight excluding hydrogens is 615 g/mol. The van der Waals surface area contributed by atoms with Crippen molar-refractivity contribution in [3.63, 3.8) is 0 Å². The van der Waals surface area contributed by atoms with Gasteiger partial charge in [-0.2, -0.15) is 0 Å². The SMILES string of the molecule is Cc1cc(S(=O)(=O)[O-])c(C(C)C)cc1OC(=O)C1C2CC3C(OC(=O)C31)C2OC(=O)c1ccccc1I. The van der Waals surface area contributed by atoms with Crippen LogP contribution in [0.5, 0.6) is 5.75 Å². The third-order valence-corrected chi connectivity index (χ3v) is 9.40. The number of halogens is 1. The first-order valence-corrected chi connectivity index (χ1v) is 14.3. The van der Waals surface area contributed by atoms with E-state index in [0.717, 1.165) is 0 Å². The number of benzene rings is 2. The summed E-state index contributed by atoms with van der Waals surface area (Å²) in [7, 11) is -4.73. The number of hydrogen-bond acceptors (Lipinski definition) is 9. The molecule has 0 amide bonds. The molecule has 2 aliphatic carbocycles. The van der Waals surface area contributed by atoms with Gasteiger partial charge in [-0.05, 0) is 77.2 Å². The maximum atomic E-state index is 13.5. The Kier molecular flexibility index (Phi) is 6.60. The van der Waals surface area contributed by atoms with Crippen molar-refractivity contribution in [3.8, 4) is 5.75 Å². The van der Waals surface area contributed by atoms with E-state index in [1.54, 1.807) is 38.1 Å². The zero-order valence-electron chi connectivity index (χ0n) is 20.2. The average molecular weight is 639 g/mol. The second kappa shape index (κ2) is 9.35. The van der Waals surface area contributed by atoms with E-state index in [9.17, 15) is 27.4 Å². The molecule has 0 N–H and O–H groups in total. The monoisotopic (exact) mass is 639 g/mol. The van der Waals surface area contributed by atoms with E-state index >= 15 is 0 Å². The highest BCUT2D eigenvalue weighted by molar-refractivity contribution is 14.1. The normalized spacial score (nSPS) is 27.9. The van der Waals surface area contributed by atoms with Crippen molar-refractivity contribution in [1.29, 1.82) is 0 Å². The fourth-order valence-corrected chi connectivity index (χ4v) is 7.43. The van der Waals surface area contributed by atoms with Gasteiger partial charge in [-0.1, -0.05) is 26.0 Å². The maximum Gasteiger partial charge on any atom is 0.339 e. The second-order valence-electron chi connectivity index (χ2n) is 10.1. The van der Waals surface area contributed by atoms with E-state index in [2.05, 4.69) is 0 Å². The molecule has 37 heavy (non-hydrogen) atoms. The molecule has 0 aromatic heterocycles. The lowest BCUT2D eigenvalue weighted by atomic mass is 9.78. The van der Waals surface area contributed by atoms with Crippen molar-refractivity contribution in [2.75, 3.05) is 0 Å². The number of carbonyl (C=O) groups is 3. The van der Waals surface area contributed by atoms with Gasteiger partial charge in [0.05, 0.1) is 22.3 Å². The number of esters is 3. The van der Waals surface area contributed by atoms with E-state index in [4.69, 9.17) is 14.2 Å². The number of carbonyl (C=O) groups excluding carboxylic acids is 3. The number of fused-ring (bicyclic) bond motifs is 1. The summed E-state index contributed by atoms with van der Waals surface area (Å²) in [4.78, 5) is 38.7. The van der Waals surface area contributed by atoms with Crippen LogP contribution >= 0.6 is 22.6 Å². The van der Waals surface area contributed by atoms with Crippen LogP contribution in [0.3, 0.4) is 0 Å². The summed E-state index contributed by atoms with van der Waals surface area (Å²) < 4.78 is 53.1. The molecule has 1 heterocycles. The van der Waals surface area contributed by atoms with Crippen LogP contribution in [-0.4, -0.2) is 43.1 Å². The van der Waals surface area contributed by atoms with Gasteiger partial charge in [-0.25, -0.2) is 13.2 Å². The first-order valence-electron chi connectivity index (χ1n) is 11.9. The lowest BCUT2D eigenvalue weighted by Crippen LogP contribution is -2.44. The molecule has 6 unspecified atom stereocenters. The highest BCUT2D eigenvalue weighted by Crippen LogP contribution is 2.59. The van der Waals surface area contributed by atoms with Crippen molar-refractivity contribution in [1.82, 2.24) is 0 Å². The Bertz CT molecular complexity index is 1420. The van der Waals surface area contributed by atoms with Crippen molar-refractivity contribution in [2.24, 2.45) is 23.7 Å². The van der Waals surface area contributed by atoms with E-state index in [1.165, 1.54) is 19.1 Å². The molecule has 5 rings (SSSR count). The molecular formula is C26H24IO9S-. The molecule has 2 bridgehead atoms. The van der Waals surface area contributed by atoms with Gasteiger partial charge in [0.25, 0.3) is 0 Å². The average Bonchev–Trinajstić information content (AvgIpc) is 3.43. The zero-order valence-corrected chi connectivity index (χ0v) is 23.1. The number of ether oxygens (including phenoxy) is 3. The minimum Gasteiger partial charge on any atom is -0.744 e. The first kappa shape index (κ1) is 26.1. The molecule has 3 fully saturated rings. The summed E-state index contributed by atoms with van der Waals surface area (Å²) >= 11 is 2.04. The van der Waals surface area contributed by atoms with Crippen molar-refractivity contribution in [2.45, 2.75) is 50.2 Å². The van der Waals surface area contributed by atoms with Gasteiger partial charge in [0.15, 0.2) is 0 Å². The molecule has 6 atom stereocenters. The van der Waals surface area contributed by atoms with Gasteiger partial charge in [0, 0.05) is 15.4 Å². The highest BCUT2D eigenvalue weighted by atomic mass is 127. The van der Waals surface area contributed by atoms with Gasteiger partial charge in [-0.3, -0.25) is 9.59 Å². The van der Waals surface area contributed by atoms with Crippen LogP contribution < -0.4 is 4.74 Å². The third kappa shape index (κ3) is 4.44. The largest absolute Gasteiger partial charge is 0.744 e. The van der Waals surface area contributed by atoms with Crippen molar-refractivity contribution >= 4 is 50.6 Å². The van der Waals surface area contributed by atoms with Crippen LogP contribution in [0.15, 0.2) is 41.3 Å². The predicted octanol–water partition coefficient (Wildman–Crippen LogP) is 3.57. The van der Waals surface area contributed by atoms with Crippen LogP contribution in [-0.2, 0) is 29.2 Å². The van der Waals surface area contributed by atoms with Crippen LogP contribution in [0.4, 0.5) is 0 Å². The Morgan fingerprint density at radius 1 is 1.16 bits per heavy atom. The quantitative estimate of drug-likeness (QED) is 0.201. The number of rotatable bonds is 6. The summed E-state index contributed by atoms with van der Waals surface area (Å²) in [5, 5.41) is 0. The van der Waals surface area contributed by atoms with Gasteiger partial charge in [0.1, 0.15) is 28.1 Å². The molecule has 11 heteroatoms. The molecule has 0 radical (unpaired) electrons.